The van der Waals surface area contributed by atoms with Crippen molar-refractivity contribution in [3.05, 3.63) is 22.3 Å². The summed E-state index contributed by atoms with van der Waals surface area (Å²) in [7, 11) is 0. The molecule has 2 aliphatic heterocycles. The zero-order valence-corrected chi connectivity index (χ0v) is 16.0. The highest BCUT2D eigenvalue weighted by Gasteiger charge is 2.46. The second-order valence-electron chi connectivity index (χ2n) is 7.33. The average Bonchev–Trinajstić information content (AvgIpc) is 2.65. The van der Waals surface area contributed by atoms with Gasteiger partial charge in [-0.1, -0.05) is 25.6 Å². The SMILES string of the molecule is CC1(C)C(CO[C@@H]2O[C@H](CO)[C@@H](O)[C@H](O)[C@H]2O)=CC(=O)C2=C1S[C@@H](O)C(=O)N2. The van der Waals surface area contributed by atoms with Crippen LogP contribution in [0.3, 0.4) is 0 Å². The van der Waals surface area contributed by atoms with E-state index < -0.39 is 59.9 Å². The largest absolute Gasteiger partial charge is 0.394 e. The lowest BCUT2D eigenvalue weighted by molar-refractivity contribution is -0.299. The van der Waals surface area contributed by atoms with Gasteiger partial charge in [-0.05, 0) is 11.6 Å². The minimum Gasteiger partial charge on any atom is -0.394 e. The molecule has 2 heterocycles. The molecule has 0 spiro atoms. The molecule has 0 saturated carbocycles. The number of rotatable bonds is 4. The van der Waals surface area contributed by atoms with Crippen LogP contribution in [0, 0.1) is 5.41 Å². The van der Waals surface area contributed by atoms with E-state index in [0.717, 1.165) is 11.8 Å². The number of ketones is 1. The van der Waals surface area contributed by atoms with Crippen molar-refractivity contribution < 1.29 is 44.6 Å². The summed E-state index contributed by atoms with van der Waals surface area (Å²) in [5.74, 6) is -1.11. The Bertz CT molecular complexity index is 732. The van der Waals surface area contributed by atoms with Crippen molar-refractivity contribution in [2.24, 2.45) is 5.41 Å². The zero-order valence-electron chi connectivity index (χ0n) is 15.2. The molecule has 6 N–H and O–H groups in total. The molecule has 3 rings (SSSR count). The average molecular weight is 417 g/mol. The molecule has 0 aromatic rings. The van der Waals surface area contributed by atoms with Crippen molar-refractivity contribution in [3.63, 3.8) is 0 Å². The fourth-order valence-corrected chi connectivity index (χ4v) is 4.34. The number of amides is 1. The summed E-state index contributed by atoms with van der Waals surface area (Å²) < 4.78 is 10.8. The standard InChI is InChI=1S/C17H23NO9S/c1-17(2)6(3-7(20)9-13(17)28-15(25)14(24)18-9)5-26-16-12(23)11(22)10(21)8(4-19)27-16/h3,8,10-12,15-16,19,21-23,25H,4-5H2,1-2H3,(H,18,24)/t8-,10-,11+,12-,15-,16-/m1/s1. The van der Waals surface area contributed by atoms with Crippen molar-refractivity contribution in [2.45, 2.75) is 50.0 Å². The third-order valence-corrected chi connectivity index (χ3v) is 6.49. The van der Waals surface area contributed by atoms with Crippen LogP contribution in [0.5, 0.6) is 0 Å². The van der Waals surface area contributed by atoms with E-state index in [-0.39, 0.29) is 12.3 Å². The van der Waals surface area contributed by atoms with Gasteiger partial charge < -0.3 is 40.3 Å². The molecular formula is C17H23NO9S. The van der Waals surface area contributed by atoms with Gasteiger partial charge in [0.05, 0.1) is 18.9 Å². The Morgan fingerprint density at radius 2 is 1.86 bits per heavy atom. The van der Waals surface area contributed by atoms with Gasteiger partial charge in [-0.15, -0.1) is 0 Å². The molecule has 11 heteroatoms. The predicted molar refractivity (Wildman–Crippen MR) is 95.4 cm³/mol. The molecule has 10 nitrogen and oxygen atoms in total. The molecule has 1 amide bonds. The van der Waals surface area contributed by atoms with Crippen LogP contribution >= 0.6 is 11.8 Å². The molecule has 28 heavy (non-hydrogen) atoms. The lowest BCUT2D eigenvalue weighted by atomic mass is 9.78. The van der Waals surface area contributed by atoms with Gasteiger partial charge in [-0.3, -0.25) is 9.59 Å². The van der Waals surface area contributed by atoms with Gasteiger partial charge in [0.25, 0.3) is 5.91 Å². The van der Waals surface area contributed by atoms with E-state index in [1.807, 2.05) is 0 Å². The van der Waals surface area contributed by atoms with E-state index in [4.69, 9.17) is 9.47 Å². The third kappa shape index (κ3) is 3.64. The summed E-state index contributed by atoms with van der Waals surface area (Å²) in [4.78, 5) is 24.5. The Morgan fingerprint density at radius 3 is 2.50 bits per heavy atom. The highest BCUT2D eigenvalue weighted by molar-refractivity contribution is 8.04. The Hall–Kier alpha value is -1.31. The first-order valence-corrected chi connectivity index (χ1v) is 9.53. The van der Waals surface area contributed by atoms with Crippen LogP contribution in [0.25, 0.3) is 0 Å². The third-order valence-electron chi connectivity index (χ3n) is 5.10. The Balaban J connectivity index is 1.75. The Kier molecular flexibility index (Phi) is 5.99. The van der Waals surface area contributed by atoms with E-state index in [9.17, 15) is 35.1 Å². The summed E-state index contributed by atoms with van der Waals surface area (Å²) in [5, 5.41) is 51.2. The quantitative estimate of drug-likeness (QED) is 0.294. The fourth-order valence-electron chi connectivity index (χ4n) is 3.25. The van der Waals surface area contributed by atoms with Gasteiger partial charge >= 0.3 is 0 Å². The molecule has 6 atom stereocenters. The second-order valence-corrected chi connectivity index (χ2v) is 8.42. The number of aliphatic hydroxyl groups is 5. The van der Waals surface area contributed by atoms with Gasteiger partial charge in [0.1, 0.15) is 24.4 Å². The van der Waals surface area contributed by atoms with Crippen molar-refractivity contribution >= 4 is 23.5 Å². The summed E-state index contributed by atoms with van der Waals surface area (Å²) in [5.41, 5.74) is -1.49. The van der Waals surface area contributed by atoms with Crippen LogP contribution in [0.4, 0.5) is 0 Å². The first-order valence-electron chi connectivity index (χ1n) is 8.65. The number of carbonyl (C=O) groups is 2. The molecule has 3 aliphatic rings. The second kappa shape index (κ2) is 7.84. The molecule has 156 valence electrons. The number of aliphatic hydroxyl groups excluding tert-OH is 5. The molecule has 0 radical (unpaired) electrons. The first kappa shape index (κ1) is 21.4. The molecule has 1 saturated heterocycles. The number of carbonyl (C=O) groups excluding carboxylic acids is 2. The lowest BCUT2D eigenvalue weighted by Crippen LogP contribution is -2.59. The van der Waals surface area contributed by atoms with Gasteiger partial charge in [-0.2, -0.15) is 0 Å². The maximum Gasteiger partial charge on any atom is 0.264 e. The van der Waals surface area contributed by atoms with Crippen molar-refractivity contribution in [2.75, 3.05) is 13.2 Å². The highest BCUT2D eigenvalue weighted by Crippen LogP contribution is 2.48. The van der Waals surface area contributed by atoms with Crippen LogP contribution < -0.4 is 5.32 Å². The maximum absolute atomic E-state index is 12.4. The summed E-state index contributed by atoms with van der Waals surface area (Å²) in [6, 6.07) is 0. The van der Waals surface area contributed by atoms with E-state index in [0.29, 0.717) is 10.5 Å². The molecule has 0 unspecified atom stereocenters. The first-order chi connectivity index (χ1) is 13.1. The number of hydrogen-bond donors (Lipinski definition) is 6. The molecular weight excluding hydrogens is 394 g/mol. The maximum atomic E-state index is 12.4. The van der Waals surface area contributed by atoms with Crippen LogP contribution in [0.1, 0.15) is 13.8 Å². The van der Waals surface area contributed by atoms with Crippen molar-refractivity contribution in [3.8, 4) is 0 Å². The van der Waals surface area contributed by atoms with E-state index in [2.05, 4.69) is 5.32 Å². The van der Waals surface area contributed by atoms with Crippen LogP contribution in [-0.2, 0) is 19.1 Å². The molecule has 0 aromatic carbocycles. The van der Waals surface area contributed by atoms with Gasteiger partial charge in [0, 0.05) is 10.3 Å². The number of allylic oxidation sites excluding steroid dienone is 2. The Morgan fingerprint density at radius 1 is 1.18 bits per heavy atom. The number of ether oxygens (including phenoxy) is 2. The number of nitrogens with one attached hydrogen (secondary N) is 1. The van der Waals surface area contributed by atoms with Crippen LogP contribution in [0.15, 0.2) is 22.3 Å². The van der Waals surface area contributed by atoms with Gasteiger partial charge in [0.2, 0.25) is 5.78 Å². The molecule has 0 bridgehead atoms. The van der Waals surface area contributed by atoms with Gasteiger partial charge in [0.15, 0.2) is 11.7 Å². The fraction of sp³-hybridized carbons (Fsp3) is 0.647. The normalized spacial score (nSPS) is 38.0. The number of thioether (sulfide) groups is 1. The molecule has 1 aliphatic carbocycles. The smallest absolute Gasteiger partial charge is 0.264 e. The van der Waals surface area contributed by atoms with Crippen LogP contribution in [0.2, 0.25) is 0 Å². The van der Waals surface area contributed by atoms with E-state index in [1.165, 1.54) is 6.08 Å². The van der Waals surface area contributed by atoms with Crippen molar-refractivity contribution in [1.82, 2.24) is 5.32 Å². The predicted octanol–water partition coefficient (Wildman–Crippen LogP) is -2.27. The van der Waals surface area contributed by atoms with E-state index in [1.54, 1.807) is 13.8 Å². The topological polar surface area (TPSA) is 166 Å². The number of hydrogen-bond acceptors (Lipinski definition) is 10. The lowest BCUT2D eigenvalue weighted by Gasteiger charge is -2.41. The minimum absolute atomic E-state index is 0.113. The Labute approximate surface area is 164 Å². The monoisotopic (exact) mass is 417 g/mol. The van der Waals surface area contributed by atoms with Crippen LogP contribution in [-0.4, -0.2) is 86.6 Å². The van der Waals surface area contributed by atoms with Crippen molar-refractivity contribution in [1.29, 1.82) is 0 Å². The van der Waals surface area contributed by atoms with Gasteiger partial charge in [-0.25, -0.2) is 0 Å². The summed E-state index contributed by atoms with van der Waals surface area (Å²) in [6.07, 6.45) is -5.75. The van der Waals surface area contributed by atoms with E-state index >= 15 is 0 Å². The summed E-state index contributed by atoms with van der Waals surface area (Å²) >= 11 is 0.879. The molecule has 1 fully saturated rings. The molecule has 0 aromatic heterocycles. The summed E-state index contributed by atoms with van der Waals surface area (Å²) in [6.45, 7) is 2.83. The highest BCUT2D eigenvalue weighted by atomic mass is 32.2. The minimum atomic E-state index is -1.57. The zero-order chi connectivity index (χ0) is 20.8.